The highest BCUT2D eigenvalue weighted by molar-refractivity contribution is 7.12. The highest BCUT2D eigenvalue weighted by atomic mass is 32.1. The van der Waals surface area contributed by atoms with Gasteiger partial charge in [-0.15, -0.1) is 11.3 Å². The molecule has 0 atom stereocenters. The summed E-state index contributed by atoms with van der Waals surface area (Å²) >= 11 is 1.26. The summed E-state index contributed by atoms with van der Waals surface area (Å²) in [6.07, 6.45) is 0.581. The van der Waals surface area contributed by atoms with Crippen molar-refractivity contribution in [1.29, 1.82) is 0 Å². The van der Waals surface area contributed by atoms with E-state index >= 15 is 0 Å². The molecule has 0 saturated carbocycles. The summed E-state index contributed by atoms with van der Waals surface area (Å²) in [5, 5.41) is 5.51. The summed E-state index contributed by atoms with van der Waals surface area (Å²) in [5.74, 6) is -0.285. The highest BCUT2D eigenvalue weighted by Gasteiger charge is 2.36. The Labute approximate surface area is 94.9 Å². The second-order valence-corrected chi connectivity index (χ2v) is 4.42. The first kappa shape index (κ1) is 9.47. The van der Waals surface area contributed by atoms with Crippen molar-refractivity contribution in [2.75, 3.05) is 0 Å². The van der Waals surface area contributed by atoms with Crippen LogP contribution >= 0.6 is 11.3 Å². The Morgan fingerprint density at radius 2 is 2.19 bits per heavy atom. The lowest BCUT2D eigenvalue weighted by Crippen LogP contribution is -2.18. The molecule has 0 fully saturated rings. The number of rotatable bonds is 1. The van der Waals surface area contributed by atoms with Crippen molar-refractivity contribution >= 4 is 22.9 Å². The first-order chi connectivity index (χ1) is 7.74. The van der Waals surface area contributed by atoms with Crippen LogP contribution in [0, 0.1) is 0 Å². The predicted molar refractivity (Wildman–Crippen MR) is 57.1 cm³/mol. The maximum absolute atomic E-state index is 12.1. The van der Waals surface area contributed by atoms with Crippen molar-refractivity contribution in [2.24, 2.45) is 0 Å². The van der Waals surface area contributed by atoms with E-state index in [-0.39, 0.29) is 17.3 Å². The van der Waals surface area contributed by atoms with E-state index in [9.17, 15) is 9.59 Å². The van der Waals surface area contributed by atoms with Gasteiger partial charge in [0.1, 0.15) is 0 Å². The Hall–Kier alpha value is -1.75. The van der Waals surface area contributed by atoms with Crippen LogP contribution in [-0.2, 0) is 6.42 Å². The molecule has 0 radical (unpaired) electrons. The van der Waals surface area contributed by atoms with E-state index in [4.69, 9.17) is 4.52 Å². The minimum absolute atomic E-state index is 0.0943. The SMILES string of the molecule is CCc1noc2c1C(=O)c1ccsc1C2=O. The Bertz CT molecular complexity index is 609. The number of thiophene rings is 1. The molecule has 0 spiro atoms. The first-order valence-electron chi connectivity index (χ1n) is 4.89. The van der Waals surface area contributed by atoms with Crippen LogP contribution in [0.25, 0.3) is 0 Å². The van der Waals surface area contributed by atoms with Gasteiger partial charge in [0.15, 0.2) is 0 Å². The molecule has 4 nitrogen and oxygen atoms in total. The molecule has 0 N–H and O–H groups in total. The molecule has 2 aromatic rings. The number of ketones is 2. The fourth-order valence-electron chi connectivity index (χ4n) is 1.86. The third-order valence-corrected chi connectivity index (χ3v) is 3.56. The topological polar surface area (TPSA) is 60.2 Å². The summed E-state index contributed by atoms with van der Waals surface area (Å²) < 4.78 is 4.97. The molecule has 80 valence electrons. The van der Waals surface area contributed by atoms with Gasteiger partial charge in [-0.25, -0.2) is 0 Å². The summed E-state index contributed by atoms with van der Waals surface area (Å²) in [5.41, 5.74) is 1.38. The second kappa shape index (κ2) is 3.12. The van der Waals surface area contributed by atoms with Crippen LogP contribution in [-0.4, -0.2) is 16.7 Å². The number of aryl methyl sites for hydroxylation is 1. The van der Waals surface area contributed by atoms with Gasteiger partial charge >= 0.3 is 0 Å². The molecular weight excluding hydrogens is 226 g/mol. The number of fused-ring (bicyclic) bond motifs is 2. The van der Waals surface area contributed by atoms with E-state index in [2.05, 4.69) is 5.16 Å². The summed E-state index contributed by atoms with van der Waals surface area (Å²) in [4.78, 5) is 24.5. The molecule has 16 heavy (non-hydrogen) atoms. The van der Waals surface area contributed by atoms with Crippen molar-refractivity contribution in [3.8, 4) is 0 Å². The largest absolute Gasteiger partial charge is 0.352 e. The molecule has 1 aliphatic rings. The molecule has 5 heteroatoms. The molecule has 0 amide bonds. The average molecular weight is 233 g/mol. The van der Waals surface area contributed by atoms with Gasteiger partial charge in [0, 0.05) is 5.56 Å². The van der Waals surface area contributed by atoms with Crippen LogP contribution in [0.4, 0.5) is 0 Å². The Kier molecular flexibility index (Phi) is 1.85. The van der Waals surface area contributed by atoms with Crippen LogP contribution in [0.1, 0.15) is 44.0 Å². The monoisotopic (exact) mass is 233 g/mol. The molecule has 0 unspecified atom stereocenters. The van der Waals surface area contributed by atoms with E-state index in [0.717, 1.165) is 0 Å². The van der Waals surface area contributed by atoms with E-state index in [0.29, 0.717) is 28.1 Å². The fourth-order valence-corrected chi connectivity index (χ4v) is 2.68. The lowest BCUT2D eigenvalue weighted by atomic mass is 9.93. The van der Waals surface area contributed by atoms with Gasteiger partial charge in [-0.05, 0) is 17.9 Å². The molecule has 0 saturated heterocycles. The maximum Gasteiger partial charge on any atom is 0.242 e. The fraction of sp³-hybridized carbons (Fsp3) is 0.182. The van der Waals surface area contributed by atoms with Crippen LogP contribution in [0.2, 0.25) is 0 Å². The highest BCUT2D eigenvalue weighted by Crippen LogP contribution is 2.32. The van der Waals surface area contributed by atoms with Crippen LogP contribution in [0.15, 0.2) is 16.0 Å². The van der Waals surface area contributed by atoms with Gasteiger partial charge in [0.2, 0.25) is 17.3 Å². The van der Waals surface area contributed by atoms with Crippen molar-refractivity contribution in [2.45, 2.75) is 13.3 Å². The maximum atomic E-state index is 12.1. The Morgan fingerprint density at radius 1 is 1.38 bits per heavy atom. The average Bonchev–Trinajstić information content (AvgIpc) is 2.92. The van der Waals surface area contributed by atoms with Crippen molar-refractivity contribution in [3.63, 3.8) is 0 Å². The molecule has 1 aliphatic carbocycles. The molecule has 3 rings (SSSR count). The number of carbonyl (C=O) groups excluding carboxylic acids is 2. The third kappa shape index (κ3) is 1.01. The van der Waals surface area contributed by atoms with Crippen LogP contribution in [0.3, 0.4) is 0 Å². The third-order valence-electron chi connectivity index (χ3n) is 2.65. The van der Waals surface area contributed by atoms with Crippen LogP contribution < -0.4 is 0 Å². The zero-order valence-corrected chi connectivity index (χ0v) is 9.26. The summed E-state index contributed by atoms with van der Waals surface area (Å²) in [6.45, 7) is 1.87. The lowest BCUT2D eigenvalue weighted by molar-refractivity contribution is 0.0958. The number of carbonyl (C=O) groups is 2. The second-order valence-electron chi connectivity index (χ2n) is 3.51. The zero-order valence-electron chi connectivity index (χ0n) is 8.44. The molecule has 2 heterocycles. The summed E-state index contributed by atoms with van der Waals surface area (Å²) in [6, 6.07) is 1.68. The van der Waals surface area contributed by atoms with E-state index < -0.39 is 0 Å². The Morgan fingerprint density at radius 3 is 2.94 bits per heavy atom. The molecule has 0 aliphatic heterocycles. The van der Waals surface area contributed by atoms with Crippen LogP contribution in [0.5, 0.6) is 0 Å². The lowest BCUT2D eigenvalue weighted by Gasteiger charge is -2.07. The molecular formula is C11H7NO3S. The summed E-state index contributed by atoms with van der Waals surface area (Å²) in [7, 11) is 0. The number of nitrogens with zero attached hydrogens (tertiary/aromatic N) is 1. The molecule has 2 aromatic heterocycles. The van der Waals surface area contributed by atoms with E-state index in [1.807, 2.05) is 6.92 Å². The van der Waals surface area contributed by atoms with Gasteiger partial charge in [0.25, 0.3) is 0 Å². The van der Waals surface area contributed by atoms with Gasteiger partial charge < -0.3 is 4.52 Å². The van der Waals surface area contributed by atoms with Gasteiger partial charge in [-0.1, -0.05) is 12.1 Å². The van der Waals surface area contributed by atoms with E-state index in [1.165, 1.54) is 11.3 Å². The van der Waals surface area contributed by atoms with Gasteiger partial charge in [0.05, 0.1) is 16.1 Å². The predicted octanol–water partition coefficient (Wildman–Crippen LogP) is 2.07. The van der Waals surface area contributed by atoms with Crippen molar-refractivity contribution in [3.05, 3.63) is 38.9 Å². The minimum Gasteiger partial charge on any atom is -0.352 e. The zero-order chi connectivity index (χ0) is 11.3. The van der Waals surface area contributed by atoms with Gasteiger partial charge in [-0.3, -0.25) is 9.59 Å². The molecule has 0 bridgehead atoms. The molecule has 0 aromatic carbocycles. The smallest absolute Gasteiger partial charge is 0.242 e. The number of hydrogen-bond acceptors (Lipinski definition) is 5. The quantitative estimate of drug-likeness (QED) is 0.645. The normalized spacial score (nSPS) is 13.8. The first-order valence-corrected chi connectivity index (χ1v) is 5.77. The van der Waals surface area contributed by atoms with Crippen molar-refractivity contribution in [1.82, 2.24) is 5.16 Å². The van der Waals surface area contributed by atoms with Gasteiger partial charge in [-0.2, -0.15) is 0 Å². The standard InChI is InChI=1S/C11H7NO3S/c1-2-6-7-8(13)5-3-4-16-11(5)9(14)10(7)15-12-6/h3-4H,2H2,1H3. The number of hydrogen-bond donors (Lipinski definition) is 0. The number of aromatic nitrogens is 1. The van der Waals surface area contributed by atoms with E-state index in [1.54, 1.807) is 11.4 Å². The Balaban J connectivity index is 2.31. The minimum atomic E-state index is -0.230. The van der Waals surface area contributed by atoms with Crippen molar-refractivity contribution < 1.29 is 14.1 Å².